The van der Waals surface area contributed by atoms with Gasteiger partial charge in [-0.2, -0.15) is 0 Å². The first-order chi connectivity index (χ1) is 36.5. The van der Waals surface area contributed by atoms with Crippen molar-refractivity contribution >= 4 is 11.9 Å². The van der Waals surface area contributed by atoms with E-state index < -0.39 is 153 Å². The molecule has 0 spiro atoms. The maximum absolute atomic E-state index is 15.2. The van der Waals surface area contributed by atoms with E-state index in [1.54, 1.807) is 0 Å². The number of aliphatic hydroxyl groups is 12. The highest BCUT2D eigenvalue weighted by molar-refractivity contribution is 5.79. The van der Waals surface area contributed by atoms with Crippen LogP contribution >= 0.6 is 0 Å². The Balaban J connectivity index is 0.907. The van der Waals surface area contributed by atoms with Crippen molar-refractivity contribution in [3.63, 3.8) is 0 Å². The number of hydrogen-bond acceptors (Lipinski definition) is 23. The van der Waals surface area contributed by atoms with Gasteiger partial charge in [-0.25, -0.2) is 0 Å². The molecule has 446 valence electrons. The minimum absolute atomic E-state index is 0.101. The largest absolute Gasteiger partial charge is 0.463 e. The van der Waals surface area contributed by atoms with E-state index in [0.717, 1.165) is 38.2 Å². The Hall–Kier alpha value is -2.08. The summed E-state index contributed by atoms with van der Waals surface area (Å²) in [7, 11) is 0. The average Bonchev–Trinajstić information content (AvgIpc) is 3.31. The molecule has 0 amide bonds. The highest BCUT2D eigenvalue weighted by Crippen LogP contribution is 2.76. The fraction of sp³-hybridized carbons (Fsp3) is 0.927. The molecule has 0 aromatic rings. The molecule has 0 aromatic carbocycles. The number of rotatable bonds is 12. The first-order valence-corrected chi connectivity index (χ1v) is 28.1. The van der Waals surface area contributed by atoms with Crippen LogP contribution in [0.2, 0.25) is 0 Å². The molecule has 0 radical (unpaired) electrons. The number of carbonyl (C=O) groups is 2. The molecule has 78 heavy (non-hydrogen) atoms. The van der Waals surface area contributed by atoms with Crippen LogP contribution in [0.3, 0.4) is 0 Å². The van der Waals surface area contributed by atoms with Crippen molar-refractivity contribution < 1.29 is 113 Å². The monoisotopic (exact) mass is 1120 g/mol. The van der Waals surface area contributed by atoms with Crippen molar-refractivity contribution in [1.29, 1.82) is 0 Å². The van der Waals surface area contributed by atoms with Crippen molar-refractivity contribution in [3.05, 3.63) is 11.6 Å². The summed E-state index contributed by atoms with van der Waals surface area (Å²) >= 11 is 0. The van der Waals surface area contributed by atoms with Gasteiger partial charge in [-0.05, 0) is 116 Å². The normalized spacial score (nSPS) is 53.1. The zero-order valence-corrected chi connectivity index (χ0v) is 46.1. The zero-order valence-electron chi connectivity index (χ0n) is 46.1. The molecule has 28 atom stereocenters. The summed E-state index contributed by atoms with van der Waals surface area (Å²) in [6, 6.07) is 0. The molecule has 23 heteroatoms. The van der Waals surface area contributed by atoms with E-state index in [9.17, 15) is 66.1 Å². The van der Waals surface area contributed by atoms with Crippen LogP contribution in [-0.4, -0.2) is 222 Å². The molecule has 23 nitrogen and oxygen atoms in total. The fourth-order valence-corrected chi connectivity index (χ4v) is 16.3. The molecular weight excluding hydrogens is 1030 g/mol. The Morgan fingerprint density at radius 1 is 0.641 bits per heavy atom. The predicted octanol–water partition coefficient (Wildman–Crippen LogP) is -0.825. The lowest BCUT2D eigenvalue weighted by Gasteiger charge is -2.71. The first kappa shape index (κ1) is 60.5. The van der Waals surface area contributed by atoms with E-state index in [0.29, 0.717) is 38.5 Å². The van der Waals surface area contributed by atoms with Gasteiger partial charge in [-0.1, -0.05) is 53.2 Å². The summed E-state index contributed by atoms with van der Waals surface area (Å²) in [5, 5.41) is 130. The highest BCUT2D eigenvalue weighted by Gasteiger charge is 2.70. The van der Waals surface area contributed by atoms with Crippen molar-refractivity contribution in [2.45, 2.75) is 242 Å². The van der Waals surface area contributed by atoms with Gasteiger partial charge in [0.05, 0.1) is 30.8 Å². The van der Waals surface area contributed by atoms with E-state index in [2.05, 4.69) is 40.7 Å². The van der Waals surface area contributed by atoms with Gasteiger partial charge in [-0.15, -0.1) is 0 Å². The lowest BCUT2D eigenvalue weighted by Crippen LogP contribution is -2.66. The number of carbonyl (C=O) groups excluding carboxylic acids is 2. The quantitative estimate of drug-likeness (QED) is 0.0645. The summed E-state index contributed by atoms with van der Waals surface area (Å²) in [4.78, 5) is 27.1. The molecule has 8 fully saturated rings. The lowest BCUT2D eigenvalue weighted by molar-refractivity contribution is -0.361. The smallest absolute Gasteiger partial charge is 0.315 e. The molecule has 4 aliphatic heterocycles. The van der Waals surface area contributed by atoms with Crippen LogP contribution < -0.4 is 0 Å². The van der Waals surface area contributed by atoms with Crippen LogP contribution in [0, 0.1) is 50.2 Å². The number of ether oxygens (including phenoxy) is 9. The van der Waals surface area contributed by atoms with E-state index in [1.165, 1.54) is 6.92 Å². The van der Waals surface area contributed by atoms with Crippen LogP contribution in [0.4, 0.5) is 0 Å². The van der Waals surface area contributed by atoms with Crippen molar-refractivity contribution in [2.75, 3.05) is 26.4 Å². The van der Waals surface area contributed by atoms with E-state index in [4.69, 9.17) is 42.6 Å². The summed E-state index contributed by atoms with van der Waals surface area (Å²) < 4.78 is 52.6. The number of esters is 2. The Kier molecular flexibility index (Phi) is 17.2. The van der Waals surface area contributed by atoms with E-state index >= 15 is 4.79 Å². The Morgan fingerprint density at radius 3 is 1.97 bits per heavy atom. The van der Waals surface area contributed by atoms with Gasteiger partial charge in [0, 0.05) is 13.5 Å². The molecule has 4 saturated carbocycles. The van der Waals surface area contributed by atoms with Crippen LogP contribution in [-0.2, 0) is 52.2 Å². The molecular formula is C55H88O23. The average molecular weight is 1120 g/mol. The third kappa shape index (κ3) is 10.1. The zero-order chi connectivity index (χ0) is 57.0. The molecule has 5 aliphatic carbocycles. The molecule has 0 aromatic heterocycles. The Bertz CT molecular complexity index is 2180. The number of fused-ring (bicyclic) bond motifs is 7. The SMILES string of the molecule is CC(=O)OC[C@H]1O[C@@H](OC[C@H]2O[C@@H](OC(=O)[C@]34CC[C@@](C)(CO)C[C@H]3C3=CC[C@@H]5[C@@]6(C)CC[C@H](O[C@@H]7OC[C@H](O)[C@H](O)[C@H]7O)C(C)(C)[C@@H]6CC[C@@]5(C)[C@]3(C)CC4)[C@H](O)[C@@H](O)[C@@H]2O)[C@H](O)[C@@H](O)[C@@H]1O[C@@H]1O[C@@H](C)[C@H](O)[C@@H](O)[C@H]1O. The van der Waals surface area contributed by atoms with Gasteiger partial charge in [0.15, 0.2) is 18.9 Å². The minimum Gasteiger partial charge on any atom is -0.463 e. The number of allylic oxidation sites excluding steroid dienone is 2. The minimum atomic E-state index is -1.91. The number of hydrogen-bond donors (Lipinski definition) is 12. The van der Waals surface area contributed by atoms with Crippen molar-refractivity contribution in [1.82, 2.24) is 0 Å². The summed E-state index contributed by atoms with van der Waals surface area (Å²) in [5.41, 5.74) is -1.55. The topological polar surface area (TPSA) is 360 Å². The van der Waals surface area contributed by atoms with Crippen LogP contribution in [0.5, 0.6) is 0 Å². The first-order valence-electron chi connectivity index (χ1n) is 28.1. The summed E-state index contributed by atoms with van der Waals surface area (Å²) in [6.07, 6.45) is -21.6. The molecule has 12 N–H and O–H groups in total. The molecule has 4 heterocycles. The fourth-order valence-electron chi connectivity index (χ4n) is 16.3. The van der Waals surface area contributed by atoms with Crippen LogP contribution in [0.1, 0.15) is 120 Å². The van der Waals surface area contributed by atoms with Gasteiger partial charge in [0.25, 0.3) is 0 Å². The summed E-state index contributed by atoms with van der Waals surface area (Å²) in [6.45, 7) is 14.7. The Labute approximate surface area is 455 Å². The van der Waals surface area contributed by atoms with E-state index in [-0.39, 0.29) is 58.7 Å². The molecule has 9 rings (SSSR count). The second-order valence-electron chi connectivity index (χ2n) is 26.3. The van der Waals surface area contributed by atoms with Gasteiger partial charge < -0.3 is 104 Å². The van der Waals surface area contributed by atoms with Crippen molar-refractivity contribution in [2.24, 2.45) is 50.2 Å². The van der Waals surface area contributed by atoms with Crippen LogP contribution in [0.15, 0.2) is 11.6 Å². The van der Waals surface area contributed by atoms with E-state index in [1.807, 2.05) is 6.92 Å². The second-order valence-corrected chi connectivity index (χ2v) is 26.3. The van der Waals surface area contributed by atoms with Gasteiger partial charge in [-0.3, -0.25) is 9.59 Å². The van der Waals surface area contributed by atoms with Crippen LogP contribution in [0.25, 0.3) is 0 Å². The number of aliphatic hydroxyl groups excluding tert-OH is 12. The van der Waals surface area contributed by atoms with Crippen molar-refractivity contribution in [3.8, 4) is 0 Å². The maximum Gasteiger partial charge on any atom is 0.315 e. The molecule has 9 aliphatic rings. The molecule has 0 bridgehead atoms. The maximum atomic E-state index is 15.2. The lowest BCUT2D eigenvalue weighted by atomic mass is 9.33. The molecule has 0 unspecified atom stereocenters. The van der Waals surface area contributed by atoms with Gasteiger partial charge in [0.2, 0.25) is 6.29 Å². The van der Waals surface area contributed by atoms with Gasteiger partial charge >= 0.3 is 11.9 Å². The third-order valence-corrected chi connectivity index (χ3v) is 21.5. The summed E-state index contributed by atoms with van der Waals surface area (Å²) in [5.74, 6) is -1.30. The highest BCUT2D eigenvalue weighted by atomic mass is 16.8. The standard InChI is InChI=1S/C55H88O23/c1-24-34(59)37(62)41(66)47(73-24)77-44-30(22-70-25(2)57)75-45(43(68)39(44)64)72-21-29-36(61)38(63)42(67)48(74-29)78-49(69)55-17-15-51(5,23-56)19-27(55)26-9-10-32-52(6)13-12-33(76-46-40(65)35(60)28(58)20-71-46)50(3,4)31(52)11-14-54(32,8)53(26,7)16-18-55/h9,24,27-48,56,58-68H,10-23H2,1-8H3/t24-,27-,28-,29+,30+,31-,32+,33-,34-,35-,36+,37+,38-,39+,40+,41+,42+,43+,44+,45+,46-,47-,48-,51+,52-,53+,54+,55-/m0/s1. The molecule has 4 saturated heterocycles. The Morgan fingerprint density at radius 2 is 1.28 bits per heavy atom. The second kappa shape index (κ2) is 22.2. The predicted molar refractivity (Wildman–Crippen MR) is 266 cm³/mol. The van der Waals surface area contributed by atoms with Gasteiger partial charge in [0.1, 0.15) is 92.1 Å². The third-order valence-electron chi connectivity index (χ3n) is 21.5.